The zero-order valence-electron chi connectivity index (χ0n) is 19.6. The lowest BCUT2D eigenvalue weighted by Gasteiger charge is -2.36. The lowest BCUT2D eigenvalue weighted by Crippen LogP contribution is -2.42. The minimum Gasteiger partial charge on any atom is -0.305 e. The van der Waals surface area contributed by atoms with E-state index in [4.69, 9.17) is 11.6 Å². The zero-order valence-corrected chi connectivity index (χ0v) is 20.3. The number of hydrogen-bond donors (Lipinski definition) is 1. The number of nitriles is 3. The van der Waals surface area contributed by atoms with E-state index in [2.05, 4.69) is 30.4 Å². The molecular formula is C29H27ClN4. The molecule has 0 aliphatic carbocycles. The summed E-state index contributed by atoms with van der Waals surface area (Å²) < 4.78 is 0. The van der Waals surface area contributed by atoms with Gasteiger partial charge in [-0.25, -0.2) is 0 Å². The molecule has 0 saturated heterocycles. The van der Waals surface area contributed by atoms with Crippen LogP contribution >= 0.6 is 11.6 Å². The summed E-state index contributed by atoms with van der Waals surface area (Å²) in [4.78, 5) is 0. The SMILES string of the molecule is C[C@H](NC(c1cccc(C#N)c1)C(C)(C)C#N)[C@@H](Cc1ccc(Cl)cc1)c1cccc(C#N)c1. The molecule has 0 heterocycles. The van der Waals surface area contributed by atoms with E-state index in [0.717, 1.165) is 23.1 Å². The average molecular weight is 467 g/mol. The normalized spacial score (nSPS) is 13.7. The van der Waals surface area contributed by atoms with Gasteiger partial charge in [0.15, 0.2) is 0 Å². The molecule has 0 radical (unpaired) electrons. The first-order chi connectivity index (χ1) is 16.3. The number of hydrogen-bond acceptors (Lipinski definition) is 4. The van der Waals surface area contributed by atoms with Gasteiger partial charge in [-0.2, -0.15) is 15.8 Å². The molecule has 1 unspecified atom stereocenters. The van der Waals surface area contributed by atoms with Crippen molar-refractivity contribution < 1.29 is 0 Å². The van der Waals surface area contributed by atoms with Crippen LogP contribution in [0, 0.1) is 39.4 Å². The molecule has 0 aliphatic rings. The Morgan fingerprint density at radius 2 is 1.41 bits per heavy atom. The van der Waals surface area contributed by atoms with Crippen LogP contribution in [-0.2, 0) is 6.42 Å². The van der Waals surface area contributed by atoms with Gasteiger partial charge in [-0.05, 0) is 80.3 Å². The van der Waals surface area contributed by atoms with Crippen molar-refractivity contribution in [3.05, 3.63) is 106 Å². The first-order valence-corrected chi connectivity index (χ1v) is 11.6. The van der Waals surface area contributed by atoms with Crippen LogP contribution < -0.4 is 5.32 Å². The van der Waals surface area contributed by atoms with Crippen molar-refractivity contribution in [2.75, 3.05) is 0 Å². The molecule has 3 atom stereocenters. The van der Waals surface area contributed by atoms with Crippen molar-refractivity contribution >= 4 is 11.6 Å². The summed E-state index contributed by atoms with van der Waals surface area (Å²) in [6, 6.07) is 29.4. The second-order valence-corrected chi connectivity index (χ2v) is 9.57. The summed E-state index contributed by atoms with van der Waals surface area (Å²) >= 11 is 6.09. The molecule has 3 aromatic rings. The lowest BCUT2D eigenvalue weighted by molar-refractivity contribution is 0.281. The van der Waals surface area contributed by atoms with Crippen LogP contribution in [0.15, 0.2) is 72.8 Å². The molecule has 170 valence electrons. The highest BCUT2D eigenvalue weighted by Crippen LogP contribution is 2.36. The molecule has 1 N–H and O–H groups in total. The third kappa shape index (κ3) is 6.03. The van der Waals surface area contributed by atoms with E-state index in [1.807, 2.05) is 74.5 Å². The van der Waals surface area contributed by atoms with Crippen molar-refractivity contribution in [1.29, 1.82) is 15.8 Å². The van der Waals surface area contributed by atoms with Crippen molar-refractivity contribution in [2.24, 2.45) is 5.41 Å². The van der Waals surface area contributed by atoms with E-state index in [1.54, 1.807) is 12.1 Å². The Labute approximate surface area is 207 Å². The van der Waals surface area contributed by atoms with Gasteiger partial charge in [0.1, 0.15) is 0 Å². The van der Waals surface area contributed by atoms with Crippen LogP contribution in [0.5, 0.6) is 0 Å². The van der Waals surface area contributed by atoms with Crippen LogP contribution in [0.2, 0.25) is 5.02 Å². The molecule has 34 heavy (non-hydrogen) atoms. The highest BCUT2D eigenvalue weighted by molar-refractivity contribution is 6.30. The number of benzene rings is 3. The van der Waals surface area contributed by atoms with E-state index in [0.29, 0.717) is 16.1 Å². The number of halogens is 1. The summed E-state index contributed by atoms with van der Waals surface area (Å²) in [7, 11) is 0. The standard InChI is InChI=1S/C29H27ClN4/c1-20(34-28(29(2,3)19-33)25-9-5-7-23(15-25)18-32)27(16-21-10-12-26(30)13-11-21)24-8-4-6-22(14-24)17-31/h4-15,20,27-28,34H,16H2,1-3H3/t20-,27+,28?/m0/s1. The maximum Gasteiger partial charge on any atom is 0.0991 e. The highest BCUT2D eigenvalue weighted by Gasteiger charge is 2.34. The number of rotatable bonds is 8. The first kappa shape index (κ1) is 25.0. The van der Waals surface area contributed by atoms with Gasteiger partial charge < -0.3 is 5.32 Å². The monoisotopic (exact) mass is 466 g/mol. The maximum atomic E-state index is 9.95. The molecule has 3 rings (SSSR count). The van der Waals surface area contributed by atoms with Gasteiger partial charge in [-0.1, -0.05) is 48.0 Å². The highest BCUT2D eigenvalue weighted by atomic mass is 35.5. The molecule has 0 aliphatic heterocycles. The van der Waals surface area contributed by atoms with Crippen molar-refractivity contribution in [1.82, 2.24) is 5.32 Å². The van der Waals surface area contributed by atoms with Crippen molar-refractivity contribution in [3.63, 3.8) is 0 Å². The third-order valence-corrected chi connectivity index (χ3v) is 6.46. The van der Waals surface area contributed by atoms with E-state index in [9.17, 15) is 15.8 Å². The lowest BCUT2D eigenvalue weighted by atomic mass is 9.79. The fourth-order valence-corrected chi connectivity index (χ4v) is 4.38. The van der Waals surface area contributed by atoms with Gasteiger partial charge in [0, 0.05) is 17.0 Å². The largest absolute Gasteiger partial charge is 0.305 e. The van der Waals surface area contributed by atoms with Gasteiger partial charge in [0.25, 0.3) is 0 Å². The summed E-state index contributed by atoms with van der Waals surface area (Å²) in [6.45, 7) is 5.91. The summed E-state index contributed by atoms with van der Waals surface area (Å²) in [5.74, 6) is 0.0330. The van der Waals surface area contributed by atoms with Gasteiger partial charge in [-0.3, -0.25) is 0 Å². The first-order valence-electron chi connectivity index (χ1n) is 11.2. The Bertz CT molecular complexity index is 1260. The van der Waals surface area contributed by atoms with Crippen LogP contribution in [0.1, 0.15) is 60.5 Å². The van der Waals surface area contributed by atoms with Crippen molar-refractivity contribution in [3.8, 4) is 18.2 Å². The van der Waals surface area contributed by atoms with E-state index in [-0.39, 0.29) is 18.0 Å². The number of nitrogens with zero attached hydrogens (tertiary/aromatic N) is 3. The maximum absolute atomic E-state index is 9.95. The van der Waals surface area contributed by atoms with Crippen LogP contribution in [0.3, 0.4) is 0 Å². The fraction of sp³-hybridized carbons (Fsp3) is 0.276. The van der Waals surface area contributed by atoms with E-state index >= 15 is 0 Å². The van der Waals surface area contributed by atoms with Gasteiger partial charge in [0.05, 0.1) is 40.8 Å². The molecule has 0 amide bonds. The minimum atomic E-state index is -0.721. The zero-order chi connectivity index (χ0) is 24.7. The minimum absolute atomic E-state index is 0.0330. The quantitative estimate of drug-likeness (QED) is 0.401. The van der Waals surface area contributed by atoms with Gasteiger partial charge in [-0.15, -0.1) is 0 Å². The van der Waals surface area contributed by atoms with E-state index in [1.165, 1.54) is 0 Å². The van der Waals surface area contributed by atoms with Crippen LogP contribution in [-0.4, -0.2) is 6.04 Å². The predicted octanol–water partition coefficient (Wildman–Crippen LogP) is 6.68. The Kier molecular flexibility index (Phi) is 8.09. The fourth-order valence-electron chi connectivity index (χ4n) is 4.25. The average Bonchev–Trinajstić information content (AvgIpc) is 2.86. The molecule has 0 aromatic heterocycles. The molecule has 0 fully saturated rings. The second-order valence-electron chi connectivity index (χ2n) is 9.13. The van der Waals surface area contributed by atoms with Crippen LogP contribution in [0.4, 0.5) is 0 Å². The van der Waals surface area contributed by atoms with Gasteiger partial charge >= 0.3 is 0 Å². The molecule has 0 saturated carbocycles. The summed E-state index contributed by atoms with van der Waals surface area (Å²) in [5.41, 5.74) is 3.53. The third-order valence-electron chi connectivity index (χ3n) is 6.20. The molecule has 4 nitrogen and oxygen atoms in total. The summed E-state index contributed by atoms with van der Waals surface area (Å²) in [5, 5.41) is 33.2. The van der Waals surface area contributed by atoms with Gasteiger partial charge in [0.2, 0.25) is 0 Å². The molecule has 5 heteroatoms. The topological polar surface area (TPSA) is 83.4 Å². The molecule has 0 spiro atoms. The Hall–Kier alpha value is -3.62. The molecule has 3 aromatic carbocycles. The van der Waals surface area contributed by atoms with Crippen LogP contribution in [0.25, 0.3) is 0 Å². The second kappa shape index (κ2) is 11.0. The van der Waals surface area contributed by atoms with Crippen molar-refractivity contribution in [2.45, 2.75) is 45.2 Å². The molecule has 0 bridgehead atoms. The number of nitrogens with one attached hydrogen (secondary N) is 1. The Morgan fingerprint density at radius 3 is 1.97 bits per heavy atom. The van der Waals surface area contributed by atoms with E-state index < -0.39 is 5.41 Å². The summed E-state index contributed by atoms with van der Waals surface area (Å²) in [6.07, 6.45) is 0.734. The molecular weight excluding hydrogens is 440 g/mol. The Balaban J connectivity index is 2.01. The predicted molar refractivity (Wildman–Crippen MR) is 135 cm³/mol. The smallest absolute Gasteiger partial charge is 0.0991 e. The Morgan fingerprint density at radius 1 is 0.853 bits per heavy atom.